The average Bonchev–Trinajstić information content (AvgIpc) is 2.75. The fourth-order valence-electron chi connectivity index (χ4n) is 1.36. The van der Waals surface area contributed by atoms with Crippen molar-refractivity contribution in [3.63, 3.8) is 0 Å². The van der Waals surface area contributed by atoms with E-state index in [1.165, 1.54) is 12.1 Å². The molecule has 108 valence electrons. The Kier molecular flexibility index (Phi) is 4.67. The number of alkyl halides is 3. The molecule has 1 rings (SSSR count). The number of furan rings is 1. The summed E-state index contributed by atoms with van der Waals surface area (Å²) in [4.78, 5) is 0. The predicted octanol–water partition coefficient (Wildman–Crippen LogP) is 3.07. The van der Waals surface area contributed by atoms with Crippen LogP contribution in [0.2, 0.25) is 0 Å². The van der Waals surface area contributed by atoms with Gasteiger partial charge in [-0.15, -0.1) is 6.58 Å². The monoisotopic (exact) mass is 297 g/mol. The lowest BCUT2D eigenvalue weighted by molar-refractivity contribution is -0.0437. The highest BCUT2D eigenvalue weighted by atomic mass is 32.2. The number of sulfonamides is 1. The van der Waals surface area contributed by atoms with Gasteiger partial charge in [-0.1, -0.05) is 6.08 Å². The first kappa shape index (κ1) is 15.6. The highest BCUT2D eigenvalue weighted by Gasteiger charge is 2.49. The molecular formula is C11H14F3NO3S. The van der Waals surface area contributed by atoms with Crippen LogP contribution in [0.15, 0.2) is 29.2 Å². The van der Waals surface area contributed by atoms with E-state index < -0.39 is 15.5 Å². The fourth-order valence-corrected chi connectivity index (χ4v) is 2.01. The van der Waals surface area contributed by atoms with Crippen molar-refractivity contribution >= 4 is 15.9 Å². The number of anilines is 1. The first-order chi connectivity index (χ1) is 8.70. The number of hydrogen-bond donors (Lipinski definition) is 0. The summed E-state index contributed by atoms with van der Waals surface area (Å²) in [6.45, 7) is 3.54. The first-order valence-corrected chi connectivity index (χ1v) is 6.89. The number of unbranched alkanes of at least 4 members (excludes halogenated alkanes) is 1. The molecule has 0 aliphatic carbocycles. The van der Waals surface area contributed by atoms with Gasteiger partial charge in [-0.25, -0.2) is 4.31 Å². The highest BCUT2D eigenvalue weighted by Crippen LogP contribution is 2.30. The normalized spacial score (nSPS) is 12.4. The molecule has 0 amide bonds. The van der Waals surface area contributed by atoms with Crippen LogP contribution >= 0.6 is 0 Å². The van der Waals surface area contributed by atoms with Crippen molar-refractivity contribution in [2.75, 3.05) is 11.4 Å². The van der Waals surface area contributed by atoms with Crippen LogP contribution in [-0.4, -0.2) is 21.0 Å². The molecule has 0 aliphatic heterocycles. The minimum absolute atomic E-state index is 0.0873. The Morgan fingerprint density at radius 1 is 1.42 bits per heavy atom. The summed E-state index contributed by atoms with van der Waals surface area (Å²) < 4.78 is 64.5. The Morgan fingerprint density at radius 3 is 2.58 bits per heavy atom. The van der Waals surface area contributed by atoms with Gasteiger partial charge in [0.15, 0.2) is 0 Å². The summed E-state index contributed by atoms with van der Waals surface area (Å²) in [7, 11) is -4.62. The minimum Gasteiger partial charge on any atom is -0.445 e. The molecule has 1 heterocycles. The van der Waals surface area contributed by atoms with Gasteiger partial charge in [0.1, 0.15) is 5.76 Å². The van der Waals surface area contributed by atoms with Crippen LogP contribution < -0.4 is 4.31 Å². The van der Waals surface area contributed by atoms with Gasteiger partial charge < -0.3 is 4.42 Å². The van der Waals surface area contributed by atoms with Crippen LogP contribution in [0.3, 0.4) is 0 Å². The molecule has 0 aromatic carbocycles. The zero-order valence-electron chi connectivity index (χ0n) is 10.3. The molecular weight excluding hydrogens is 283 g/mol. The number of rotatable bonds is 6. The summed E-state index contributed by atoms with van der Waals surface area (Å²) in [5.41, 5.74) is -5.35. The lowest BCUT2D eigenvalue weighted by atomic mass is 10.2. The van der Waals surface area contributed by atoms with Crippen molar-refractivity contribution in [2.24, 2.45) is 0 Å². The Balaban J connectivity index is 2.84. The van der Waals surface area contributed by atoms with Gasteiger partial charge >= 0.3 is 15.5 Å². The zero-order chi connectivity index (χ0) is 14.7. The average molecular weight is 297 g/mol. The topological polar surface area (TPSA) is 50.5 Å². The molecule has 1 aromatic heterocycles. The van der Waals surface area contributed by atoms with Crippen molar-refractivity contribution in [1.82, 2.24) is 0 Å². The number of nitrogens with zero attached hydrogens (tertiary/aromatic N) is 1. The standard InChI is InChI=1S/C11H14F3NO3S/c1-3-4-5-6-9-7-8-10(18-9)15(2)19(16,17)11(12,13)14/h3,7-8H,1,4-6H2,2H3. The van der Waals surface area contributed by atoms with Crippen LogP contribution in [0, 0.1) is 0 Å². The Labute approximate surface area is 109 Å². The van der Waals surface area contributed by atoms with E-state index >= 15 is 0 Å². The fraction of sp³-hybridized carbons (Fsp3) is 0.455. The van der Waals surface area contributed by atoms with E-state index in [4.69, 9.17) is 4.42 Å². The second-order valence-corrected chi connectivity index (χ2v) is 5.80. The SMILES string of the molecule is C=CCCCc1ccc(N(C)S(=O)(=O)C(F)(F)F)o1. The van der Waals surface area contributed by atoms with Crippen molar-refractivity contribution in [2.45, 2.75) is 24.8 Å². The third-order valence-electron chi connectivity index (χ3n) is 2.44. The molecule has 0 bridgehead atoms. The van der Waals surface area contributed by atoms with Gasteiger partial charge in [-0.3, -0.25) is 0 Å². The second-order valence-electron chi connectivity index (χ2n) is 3.84. The molecule has 0 aliphatic rings. The summed E-state index contributed by atoms with van der Waals surface area (Å²) >= 11 is 0. The molecule has 0 fully saturated rings. The molecule has 0 unspecified atom stereocenters. The third kappa shape index (κ3) is 3.52. The number of allylic oxidation sites excluding steroid dienone is 1. The Morgan fingerprint density at radius 2 is 2.05 bits per heavy atom. The van der Waals surface area contributed by atoms with Gasteiger partial charge in [0, 0.05) is 19.5 Å². The molecule has 0 atom stereocenters. The van der Waals surface area contributed by atoms with Gasteiger partial charge in [0.25, 0.3) is 0 Å². The molecule has 4 nitrogen and oxygen atoms in total. The van der Waals surface area contributed by atoms with Crippen LogP contribution in [0.1, 0.15) is 18.6 Å². The van der Waals surface area contributed by atoms with E-state index in [0.29, 0.717) is 12.2 Å². The van der Waals surface area contributed by atoms with Gasteiger partial charge in [0.2, 0.25) is 5.88 Å². The largest absolute Gasteiger partial charge is 0.516 e. The van der Waals surface area contributed by atoms with Crippen LogP contribution in [0.4, 0.5) is 19.1 Å². The zero-order valence-corrected chi connectivity index (χ0v) is 11.1. The van der Waals surface area contributed by atoms with Crippen molar-refractivity contribution in [1.29, 1.82) is 0 Å². The maximum Gasteiger partial charge on any atom is 0.516 e. The van der Waals surface area contributed by atoms with E-state index in [9.17, 15) is 21.6 Å². The molecule has 19 heavy (non-hydrogen) atoms. The van der Waals surface area contributed by atoms with Gasteiger partial charge in [0.05, 0.1) is 0 Å². The van der Waals surface area contributed by atoms with Crippen LogP contribution in [0.25, 0.3) is 0 Å². The Bertz CT molecular complexity index is 534. The molecule has 8 heteroatoms. The highest BCUT2D eigenvalue weighted by molar-refractivity contribution is 7.93. The van der Waals surface area contributed by atoms with Crippen LogP contribution in [0.5, 0.6) is 0 Å². The smallest absolute Gasteiger partial charge is 0.445 e. The van der Waals surface area contributed by atoms with Crippen molar-refractivity contribution in [3.8, 4) is 0 Å². The lowest BCUT2D eigenvalue weighted by Crippen LogP contribution is -2.37. The number of hydrogen-bond acceptors (Lipinski definition) is 3. The maximum atomic E-state index is 12.3. The van der Waals surface area contributed by atoms with Gasteiger partial charge in [-0.05, 0) is 18.9 Å². The summed E-state index contributed by atoms with van der Waals surface area (Å²) in [5.74, 6) is 0.0759. The Hall–Kier alpha value is -1.44. The first-order valence-electron chi connectivity index (χ1n) is 5.45. The molecule has 0 spiro atoms. The molecule has 1 aromatic rings. The molecule has 0 radical (unpaired) electrons. The third-order valence-corrected chi connectivity index (χ3v) is 3.93. The summed E-state index contributed by atoms with van der Waals surface area (Å²) in [6.07, 6.45) is 3.69. The maximum absolute atomic E-state index is 12.3. The van der Waals surface area contributed by atoms with Crippen molar-refractivity contribution in [3.05, 3.63) is 30.5 Å². The quantitative estimate of drug-likeness (QED) is 0.599. The van der Waals surface area contributed by atoms with E-state index in [1.807, 2.05) is 0 Å². The second kappa shape index (κ2) is 5.68. The van der Waals surface area contributed by atoms with Crippen molar-refractivity contribution < 1.29 is 26.0 Å². The van der Waals surface area contributed by atoms with E-state index in [0.717, 1.165) is 19.9 Å². The summed E-state index contributed by atoms with van der Waals surface area (Å²) in [6, 6.07) is 2.66. The van der Waals surface area contributed by atoms with E-state index in [1.54, 1.807) is 6.08 Å². The van der Waals surface area contributed by atoms with E-state index in [2.05, 4.69) is 6.58 Å². The molecule has 0 N–H and O–H groups in total. The van der Waals surface area contributed by atoms with Crippen LogP contribution in [-0.2, 0) is 16.4 Å². The van der Waals surface area contributed by atoms with E-state index in [-0.39, 0.29) is 10.2 Å². The summed E-state index contributed by atoms with van der Waals surface area (Å²) in [5, 5.41) is 0. The predicted molar refractivity (Wildman–Crippen MR) is 65.2 cm³/mol. The minimum atomic E-state index is -5.42. The number of aryl methyl sites for hydroxylation is 1. The van der Waals surface area contributed by atoms with Gasteiger partial charge in [-0.2, -0.15) is 21.6 Å². The number of halogens is 3. The molecule has 0 saturated carbocycles. The lowest BCUT2D eigenvalue weighted by Gasteiger charge is -2.17. The molecule has 0 saturated heterocycles.